The minimum atomic E-state index is 0.619. The van der Waals surface area contributed by atoms with Crippen molar-refractivity contribution in [1.82, 2.24) is 10.5 Å². The number of unbranched alkanes of at least 4 members (excludes halogenated alkanes) is 1. The molecule has 1 heterocycles. The van der Waals surface area contributed by atoms with Crippen LogP contribution in [0.3, 0.4) is 0 Å². The van der Waals surface area contributed by atoms with Gasteiger partial charge < -0.3 is 9.84 Å². The lowest BCUT2D eigenvalue weighted by Gasteiger charge is -2.16. The smallest absolute Gasteiger partial charge is 0.138 e. The Morgan fingerprint density at radius 2 is 2.06 bits per heavy atom. The lowest BCUT2D eigenvalue weighted by atomic mass is 10.1. The van der Waals surface area contributed by atoms with Gasteiger partial charge in [-0.1, -0.05) is 31.8 Å². The zero-order chi connectivity index (χ0) is 12.0. The first kappa shape index (κ1) is 13.2. The molecule has 0 saturated carbocycles. The zero-order valence-corrected chi connectivity index (χ0v) is 11.0. The maximum Gasteiger partial charge on any atom is 0.138 e. The zero-order valence-electron chi connectivity index (χ0n) is 11.0. The highest BCUT2D eigenvalue weighted by molar-refractivity contribution is 5.20. The summed E-state index contributed by atoms with van der Waals surface area (Å²) in [5, 5.41) is 7.56. The Morgan fingerprint density at radius 3 is 2.56 bits per heavy atom. The van der Waals surface area contributed by atoms with Crippen LogP contribution in [0.2, 0.25) is 0 Å². The van der Waals surface area contributed by atoms with Crippen LogP contribution in [0, 0.1) is 13.8 Å². The summed E-state index contributed by atoms with van der Waals surface area (Å²) in [5.74, 6) is 0.940. The van der Waals surface area contributed by atoms with Crippen LogP contribution in [0.5, 0.6) is 0 Å². The summed E-state index contributed by atoms with van der Waals surface area (Å²) >= 11 is 0. The van der Waals surface area contributed by atoms with Crippen LogP contribution in [-0.4, -0.2) is 11.2 Å². The quantitative estimate of drug-likeness (QED) is 0.772. The van der Waals surface area contributed by atoms with E-state index in [1.54, 1.807) is 0 Å². The SMILES string of the molecule is CCCCC(CC)NCc1c(C)noc1C. The molecule has 0 saturated heterocycles. The molecule has 0 aliphatic rings. The number of nitrogens with one attached hydrogen (secondary N) is 1. The average Bonchev–Trinajstić information content (AvgIpc) is 2.60. The highest BCUT2D eigenvalue weighted by atomic mass is 16.5. The predicted octanol–water partition coefficient (Wildman–Crippen LogP) is 3.35. The topological polar surface area (TPSA) is 38.1 Å². The highest BCUT2D eigenvalue weighted by Gasteiger charge is 2.11. The Balaban J connectivity index is 2.43. The molecule has 1 unspecified atom stereocenters. The van der Waals surface area contributed by atoms with Crippen LogP contribution in [0.1, 0.15) is 56.5 Å². The molecule has 92 valence electrons. The first-order chi connectivity index (χ1) is 7.69. The Hall–Kier alpha value is -0.830. The Morgan fingerprint density at radius 1 is 1.31 bits per heavy atom. The molecule has 0 bridgehead atoms. The first-order valence-corrected chi connectivity index (χ1v) is 6.34. The van der Waals surface area contributed by atoms with E-state index in [-0.39, 0.29) is 0 Å². The molecular formula is C13H24N2O. The summed E-state index contributed by atoms with van der Waals surface area (Å²) in [6.45, 7) is 9.33. The summed E-state index contributed by atoms with van der Waals surface area (Å²) < 4.78 is 5.15. The summed E-state index contributed by atoms with van der Waals surface area (Å²) in [6, 6.07) is 0.619. The first-order valence-electron chi connectivity index (χ1n) is 6.34. The molecule has 0 fully saturated rings. The third-order valence-corrected chi connectivity index (χ3v) is 3.15. The molecule has 16 heavy (non-hydrogen) atoms. The summed E-state index contributed by atoms with van der Waals surface area (Å²) in [7, 11) is 0. The fraction of sp³-hybridized carbons (Fsp3) is 0.769. The molecule has 0 spiro atoms. The van der Waals surface area contributed by atoms with Crippen LogP contribution < -0.4 is 5.32 Å². The third kappa shape index (κ3) is 3.63. The van der Waals surface area contributed by atoms with E-state index in [0.29, 0.717) is 6.04 Å². The van der Waals surface area contributed by atoms with Gasteiger partial charge in [0.05, 0.1) is 5.69 Å². The van der Waals surface area contributed by atoms with Crippen LogP contribution >= 0.6 is 0 Å². The standard InChI is InChI=1S/C13H24N2O/c1-5-7-8-12(6-2)14-9-13-10(3)15-16-11(13)4/h12,14H,5-9H2,1-4H3. The van der Waals surface area contributed by atoms with E-state index in [1.165, 1.54) is 31.2 Å². The molecule has 1 aromatic rings. The molecular weight excluding hydrogens is 200 g/mol. The van der Waals surface area contributed by atoms with Crippen molar-refractivity contribution >= 4 is 0 Å². The normalized spacial score (nSPS) is 13.0. The van der Waals surface area contributed by atoms with Crippen LogP contribution in [0.25, 0.3) is 0 Å². The van der Waals surface area contributed by atoms with Gasteiger partial charge in [-0.3, -0.25) is 0 Å². The van der Waals surface area contributed by atoms with Gasteiger partial charge >= 0.3 is 0 Å². The van der Waals surface area contributed by atoms with Gasteiger partial charge in [0.1, 0.15) is 5.76 Å². The van der Waals surface area contributed by atoms with Gasteiger partial charge in [-0.05, 0) is 26.7 Å². The van der Waals surface area contributed by atoms with Crippen LogP contribution in [-0.2, 0) is 6.54 Å². The van der Waals surface area contributed by atoms with Crippen molar-refractivity contribution in [2.75, 3.05) is 0 Å². The van der Waals surface area contributed by atoms with E-state index in [2.05, 4.69) is 24.3 Å². The van der Waals surface area contributed by atoms with Gasteiger partial charge in [0.2, 0.25) is 0 Å². The fourth-order valence-electron chi connectivity index (χ4n) is 1.90. The van der Waals surface area contributed by atoms with Crippen molar-refractivity contribution in [3.05, 3.63) is 17.0 Å². The fourth-order valence-corrected chi connectivity index (χ4v) is 1.90. The second kappa shape index (κ2) is 6.69. The van der Waals surface area contributed by atoms with Crippen molar-refractivity contribution in [3.8, 4) is 0 Å². The molecule has 1 N–H and O–H groups in total. The minimum absolute atomic E-state index is 0.619. The van der Waals surface area contributed by atoms with Gasteiger partial charge in [-0.2, -0.15) is 0 Å². The summed E-state index contributed by atoms with van der Waals surface area (Å²) in [5.41, 5.74) is 2.23. The molecule has 0 amide bonds. The van der Waals surface area contributed by atoms with Crippen molar-refractivity contribution in [2.45, 2.75) is 66.0 Å². The van der Waals surface area contributed by atoms with Crippen molar-refractivity contribution in [2.24, 2.45) is 0 Å². The maximum atomic E-state index is 5.15. The number of nitrogens with zero attached hydrogens (tertiary/aromatic N) is 1. The molecule has 0 aromatic carbocycles. The Bertz CT molecular complexity index is 287. The number of hydrogen-bond donors (Lipinski definition) is 1. The summed E-state index contributed by atoms with van der Waals surface area (Å²) in [6.07, 6.45) is 5.01. The van der Waals surface area contributed by atoms with Gasteiger partial charge in [-0.15, -0.1) is 0 Å². The van der Waals surface area contributed by atoms with Crippen LogP contribution in [0.15, 0.2) is 4.52 Å². The van der Waals surface area contributed by atoms with E-state index < -0.39 is 0 Å². The number of hydrogen-bond acceptors (Lipinski definition) is 3. The molecule has 1 rings (SSSR count). The molecule has 0 radical (unpaired) electrons. The summed E-state index contributed by atoms with van der Waals surface area (Å²) in [4.78, 5) is 0. The van der Waals surface area contributed by atoms with Crippen molar-refractivity contribution in [1.29, 1.82) is 0 Å². The van der Waals surface area contributed by atoms with E-state index in [4.69, 9.17) is 4.52 Å². The molecule has 3 heteroatoms. The van der Waals surface area contributed by atoms with E-state index >= 15 is 0 Å². The van der Waals surface area contributed by atoms with E-state index in [0.717, 1.165) is 18.0 Å². The molecule has 3 nitrogen and oxygen atoms in total. The number of aromatic nitrogens is 1. The van der Waals surface area contributed by atoms with E-state index in [9.17, 15) is 0 Å². The predicted molar refractivity (Wildman–Crippen MR) is 66.4 cm³/mol. The van der Waals surface area contributed by atoms with Gasteiger partial charge in [0, 0.05) is 18.2 Å². The van der Waals surface area contributed by atoms with Crippen molar-refractivity contribution in [3.63, 3.8) is 0 Å². The van der Waals surface area contributed by atoms with Crippen LogP contribution in [0.4, 0.5) is 0 Å². The highest BCUT2D eigenvalue weighted by Crippen LogP contribution is 2.13. The second-order valence-electron chi connectivity index (χ2n) is 4.43. The minimum Gasteiger partial charge on any atom is -0.361 e. The van der Waals surface area contributed by atoms with Gasteiger partial charge in [0.25, 0.3) is 0 Å². The number of rotatable bonds is 7. The Kier molecular flexibility index (Phi) is 5.53. The van der Waals surface area contributed by atoms with Crippen molar-refractivity contribution < 1.29 is 4.52 Å². The van der Waals surface area contributed by atoms with E-state index in [1.807, 2.05) is 13.8 Å². The number of aryl methyl sites for hydroxylation is 2. The monoisotopic (exact) mass is 224 g/mol. The third-order valence-electron chi connectivity index (χ3n) is 3.15. The largest absolute Gasteiger partial charge is 0.361 e. The molecule has 0 aliphatic carbocycles. The Labute approximate surface area is 98.6 Å². The molecule has 1 aromatic heterocycles. The van der Waals surface area contributed by atoms with Gasteiger partial charge in [0.15, 0.2) is 0 Å². The second-order valence-corrected chi connectivity index (χ2v) is 4.43. The lowest BCUT2D eigenvalue weighted by Crippen LogP contribution is -2.28. The molecule has 0 aliphatic heterocycles. The maximum absolute atomic E-state index is 5.15. The lowest BCUT2D eigenvalue weighted by molar-refractivity contribution is 0.390. The molecule has 1 atom stereocenters. The average molecular weight is 224 g/mol. The van der Waals surface area contributed by atoms with Gasteiger partial charge in [-0.25, -0.2) is 0 Å².